The predicted octanol–water partition coefficient (Wildman–Crippen LogP) is 4.80. The van der Waals surface area contributed by atoms with E-state index in [1.54, 1.807) is 55.3 Å². The molecule has 1 saturated heterocycles. The fraction of sp³-hybridized carbons (Fsp3) is 0.391. The Bertz CT molecular complexity index is 1000. The number of hydrogen-bond acceptors (Lipinski definition) is 5. The topological polar surface area (TPSA) is 65.1 Å². The molecule has 31 heavy (non-hydrogen) atoms. The highest BCUT2D eigenvalue weighted by Crippen LogP contribution is 2.44. The third kappa shape index (κ3) is 4.46. The van der Waals surface area contributed by atoms with Crippen molar-refractivity contribution in [3.8, 4) is 17.2 Å². The van der Waals surface area contributed by atoms with E-state index in [2.05, 4.69) is 0 Å². The molecule has 1 spiro atoms. The Labute approximate surface area is 191 Å². The van der Waals surface area contributed by atoms with Gasteiger partial charge >= 0.3 is 0 Å². The summed E-state index contributed by atoms with van der Waals surface area (Å²) in [5.74, 6) is 1.57. The average Bonchev–Trinajstić information content (AvgIpc) is 2.75. The minimum Gasteiger partial charge on any atom is -0.497 e. The number of methoxy groups -OCH3 is 1. The standard InChI is InChI=1S/C23H23Cl2NO5/c1-14(30-17-5-3-16(29-2)4-6-17)22(28)26-9-7-23(8-10-26)13-20(27)18-11-15(24)12-19(25)21(18)31-23/h3-6,11-12,14H,7-10,13H2,1-2H3. The SMILES string of the molecule is COc1ccc(OC(C)C(=O)N2CCC3(CC2)CC(=O)c2cc(Cl)cc(Cl)c2O3)cc1. The Morgan fingerprint density at radius 3 is 2.42 bits per heavy atom. The lowest BCUT2D eigenvalue weighted by molar-refractivity contribution is -0.141. The fourth-order valence-corrected chi connectivity index (χ4v) is 4.62. The van der Waals surface area contributed by atoms with Crippen molar-refractivity contribution >= 4 is 34.9 Å². The van der Waals surface area contributed by atoms with Crippen LogP contribution in [0.3, 0.4) is 0 Å². The van der Waals surface area contributed by atoms with E-state index in [-0.39, 0.29) is 18.1 Å². The molecule has 0 radical (unpaired) electrons. The number of rotatable bonds is 4. The Morgan fingerprint density at radius 1 is 1.13 bits per heavy atom. The average molecular weight is 464 g/mol. The lowest BCUT2D eigenvalue weighted by Gasteiger charge is -2.44. The summed E-state index contributed by atoms with van der Waals surface area (Å²) in [5, 5.41) is 0.734. The van der Waals surface area contributed by atoms with Gasteiger partial charge in [0.15, 0.2) is 11.9 Å². The van der Waals surface area contributed by atoms with Gasteiger partial charge in [0.05, 0.1) is 24.1 Å². The third-order valence-electron chi connectivity index (χ3n) is 5.82. The summed E-state index contributed by atoms with van der Waals surface area (Å²) in [5.41, 5.74) is -0.235. The summed E-state index contributed by atoms with van der Waals surface area (Å²) in [6, 6.07) is 10.3. The second-order valence-corrected chi connectivity index (χ2v) is 8.75. The van der Waals surface area contributed by atoms with Crippen molar-refractivity contribution in [3.63, 3.8) is 0 Å². The van der Waals surface area contributed by atoms with Gasteiger partial charge in [-0.15, -0.1) is 0 Å². The molecule has 1 fully saturated rings. The zero-order valence-electron chi connectivity index (χ0n) is 17.3. The number of fused-ring (bicyclic) bond motifs is 1. The van der Waals surface area contributed by atoms with Crippen molar-refractivity contribution < 1.29 is 23.8 Å². The predicted molar refractivity (Wildman–Crippen MR) is 118 cm³/mol. The molecule has 2 aromatic carbocycles. The molecule has 0 aromatic heterocycles. The molecule has 0 aliphatic carbocycles. The molecule has 8 heteroatoms. The van der Waals surface area contributed by atoms with Gasteiger partial charge < -0.3 is 19.1 Å². The molecular weight excluding hydrogens is 441 g/mol. The summed E-state index contributed by atoms with van der Waals surface area (Å²) in [7, 11) is 1.59. The zero-order valence-corrected chi connectivity index (χ0v) is 18.8. The monoisotopic (exact) mass is 463 g/mol. The molecule has 2 aliphatic rings. The van der Waals surface area contributed by atoms with E-state index in [0.717, 1.165) is 5.75 Å². The maximum Gasteiger partial charge on any atom is 0.263 e. The molecule has 1 atom stereocenters. The molecule has 2 heterocycles. The normalized spacial score (nSPS) is 18.2. The van der Waals surface area contributed by atoms with Crippen molar-refractivity contribution in [2.45, 2.75) is 37.9 Å². The number of hydrogen-bond donors (Lipinski definition) is 0. The van der Waals surface area contributed by atoms with Crippen LogP contribution in [0.25, 0.3) is 0 Å². The number of carbonyl (C=O) groups is 2. The van der Waals surface area contributed by atoms with Gasteiger partial charge in [0, 0.05) is 31.0 Å². The van der Waals surface area contributed by atoms with E-state index in [4.69, 9.17) is 37.4 Å². The molecular formula is C23H23Cl2NO5. The summed E-state index contributed by atoms with van der Waals surface area (Å²) in [6.45, 7) is 2.68. The van der Waals surface area contributed by atoms with Crippen LogP contribution in [-0.2, 0) is 4.79 Å². The van der Waals surface area contributed by atoms with Crippen LogP contribution in [0.15, 0.2) is 36.4 Å². The third-order valence-corrected chi connectivity index (χ3v) is 6.32. The summed E-state index contributed by atoms with van der Waals surface area (Å²) < 4.78 is 17.2. The quantitative estimate of drug-likeness (QED) is 0.651. The Morgan fingerprint density at radius 2 is 1.77 bits per heavy atom. The summed E-state index contributed by atoms with van der Waals surface area (Å²) >= 11 is 12.3. The number of halogens is 2. The number of Topliss-reactive ketones (excluding diaryl/α,β-unsaturated/α-hetero) is 1. The lowest BCUT2D eigenvalue weighted by Crippen LogP contribution is -2.54. The van der Waals surface area contributed by atoms with Gasteiger partial charge in [-0.05, 0) is 43.3 Å². The number of ether oxygens (including phenoxy) is 3. The number of likely N-dealkylation sites (tertiary alicyclic amines) is 1. The Hall–Kier alpha value is -2.44. The van der Waals surface area contributed by atoms with Gasteiger partial charge in [0.2, 0.25) is 0 Å². The first-order valence-electron chi connectivity index (χ1n) is 10.1. The molecule has 0 saturated carbocycles. The number of amides is 1. The van der Waals surface area contributed by atoms with Crippen molar-refractivity contribution in [2.75, 3.05) is 20.2 Å². The van der Waals surface area contributed by atoms with E-state index in [1.807, 2.05) is 0 Å². The summed E-state index contributed by atoms with van der Waals surface area (Å²) in [6.07, 6.45) is 0.695. The first-order valence-corrected chi connectivity index (χ1v) is 10.9. The number of nitrogens with zero attached hydrogens (tertiary/aromatic N) is 1. The first-order chi connectivity index (χ1) is 14.8. The van der Waals surface area contributed by atoms with Gasteiger partial charge in [0.1, 0.15) is 22.8 Å². The molecule has 4 rings (SSSR count). The van der Waals surface area contributed by atoms with E-state index >= 15 is 0 Å². The van der Waals surface area contributed by atoms with E-state index in [1.165, 1.54) is 0 Å². The number of benzene rings is 2. The Kier molecular flexibility index (Phi) is 6.04. The van der Waals surface area contributed by atoms with E-state index in [0.29, 0.717) is 53.0 Å². The van der Waals surface area contributed by atoms with Gasteiger partial charge in [0.25, 0.3) is 5.91 Å². The smallest absolute Gasteiger partial charge is 0.263 e. The van der Waals surface area contributed by atoms with Crippen molar-refractivity contribution in [1.82, 2.24) is 4.90 Å². The zero-order chi connectivity index (χ0) is 22.2. The summed E-state index contributed by atoms with van der Waals surface area (Å²) in [4.78, 5) is 27.4. The number of carbonyl (C=O) groups excluding carboxylic acids is 2. The van der Waals surface area contributed by atoms with Crippen LogP contribution < -0.4 is 14.2 Å². The largest absolute Gasteiger partial charge is 0.497 e. The minimum absolute atomic E-state index is 0.0402. The van der Waals surface area contributed by atoms with E-state index < -0.39 is 11.7 Å². The van der Waals surface area contributed by atoms with E-state index in [9.17, 15) is 9.59 Å². The van der Waals surface area contributed by atoms with Gasteiger partial charge in [-0.2, -0.15) is 0 Å². The van der Waals surface area contributed by atoms with Crippen LogP contribution >= 0.6 is 23.2 Å². The number of ketones is 1. The highest BCUT2D eigenvalue weighted by molar-refractivity contribution is 6.36. The Balaban J connectivity index is 1.39. The van der Waals surface area contributed by atoms with Crippen LogP contribution in [0.4, 0.5) is 0 Å². The number of piperidine rings is 1. The van der Waals surface area contributed by atoms with Gasteiger partial charge in [-0.1, -0.05) is 23.2 Å². The second kappa shape index (κ2) is 8.60. The second-order valence-electron chi connectivity index (χ2n) is 7.91. The van der Waals surface area contributed by atoms with Crippen molar-refractivity contribution in [1.29, 1.82) is 0 Å². The highest BCUT2D eigenvalue weighted by atomic mass is 35.5. The van der Waals surface area contributed by atoms with Gasteiger partial charge in [-0.3, -0.25) is 9.59 Å². The fourth-order valence-electron chi connectivity index (χ4n) is 4.09. The molecule has 2 aliphatic heterocycles. The maximum absolute atomic E-state index is 12.9. The van der Waals surface area contributed by atoms with Crippen LogP contribution in [-0.4, -0.2) is 48.5 Å². The maximum atomic E-state index is 12.9. The van der Waals surface area contributed by atoms with Crippen LogP contribution in [0.5, 0.6) is 17.2 Å². The lowest BCUT2D eigenvalue weighted by atomic mass is 9.82. The molecule has 0 bridgehead atoms. The van der Waals surface area contributed by atoms with Crippen molar-refractivity contribution in [3.05, 3.63) is 52.0 Å². The molecule has 0 N–H and O–H groups in total. The molecule has 164 valence electrons. The first kappa shape index (κ1) is 21.8. The highest BCUT2D eigenvalue weighted by Gasteiger charge is 2.45. The van der Waals surface area contributed by atoms with Crippen LogP contribution in [0, 0.1) is 0 Å². The molecule has 1 amide bonds. The van der Waals surface area contributed by atoms with Crippen LogP contribution in [0.1, 0.15) is 36.5 Å². The van der Waals surface area contributed by atoms with Crippen molar-refractivity contribution in [2.24, 2.45) is 0 Å². The molecule has 2 aromatic rings. The van der Waals surface area contributed by atoms with Gasteiger partial charge in [-0.25, -0.2) is 0 Å². The van der Waals surface area contributed by atoms with Crippen LogP contribution in [0.2, 0.25) is 10.0 Å². The molecule has 6 nitrogen and oxygen atoms in total. The molecule has 1 unspecified atom stereocenters. The minimum atomic E-state index is -0.654.